The van der Waals surface area contributed by atoms with Gasteiger partial charge in [0.25, 0.3) is 0 Å². The van der Waals surface area contributed by atoms with Crippen molar-refractivity contribution < 1.29 is 9.13 Å². The summed E-state index contributed by atoms with van der Waals surface area (Å²) in [6, 6.07) is 12.9. The quantitative estimate of drug-likeness (QED) is 0.401. The van der Waals surface area contributed by atoms with Crippen LogP contribution in [0.2, 0.25) is 0 Å². The van der Waals surface area contributed by atoms with Crippen LogP contribution in [0.3, 0.4) is 0 Å². The van der Waals surface area contributed by atoms with Gasteiger partial charge in [0, 0.05) is 12.3 Å². The van der Waals surface area contributed by atoms with E-state index < -0.39 is 0 Å². The average Bonchev–Trinajstić information content (AvgIpc) is 3.01. The highest BCUT2D eigenvalue weighted by Crippen LogP contribution is 2.24. The van der Waals surface area contributed by atoms with Gasteiger partial charge >= 0.3 is 0 Å². The molecule has 0 aliphatic carbocycles. The van der Waals surface area contributed by atoms with E-state index in [-0.39, 0.29) is 5.82 Å². The fourth-order valence-corrected chi connectivity index (χ4v) is 3.72. The number of halogens is 1. The van der Waals surface area contributed by atoms with Gasteiger partial charge in [0.2, 0.25) is 0 Å². The van der Waals surface area contributed by atoms with E-state index in [0.717, 1.165) is 22.0 Å². The van der Waals surface area contributed by atoms with Crippen molar-refractivity contribution in [3.63, 3.8) is 0 Å². The second-order valence-electron chi connectivity index (χ2n) is 6.29. The number of hydrogen-bond donors (Lipinski definition) is 0. The molecule has 1 aromatic heterocycles. The molecule has 4 nitrogen and oxygen atoms in total. The van der Waals surface area contributed by atoms with Crippen LogP contribution in [0.1, 0.15) is 22.5 Å². The van der Waals surface area contributed by atoms with Crippen LogP contribution in [0.25, 0.3) is 0 Å². The third-order valence-electron chi connectivity index (χ3n) is 3.98. The van der Waals surface area contributed by atoms with E-state index >= 15 is 0 Å². The van der Waals surface area contributed by atoms with E-state index in [1.807, 2.05) is 36.6 Å². The van der Waals surface area contributed by atoms with Gasteiger partial charge in [-0.15, -0.1) is 16.8 Å². The topological polar surface area (TPSA) is 39.9 Å². The first-order valence-corrected chi connectivity index (χ1v) is 9.65. The second kappa shape index (κ2) is 8.86. The molecule has 0 saturated carbocycles. The lowest BCUT2D eigenvalue weighted by atomic mass is 10.1. The van der Waals surface area contributed by atoms with Crippen LogP contribution < -0.4 is 4.74 Å². The van der Waals surface area contributed by atoms with Gasteiger partial charge in [0.15, 0.2) is 11.0 Å². The Labute approximate surface area is 163 Å². The van der Waals surface area contributed by atoms with Crippen molar-refractivity contribution in [3.05, 3.63) is 83.5 Å². The molecule has 27 heavy (non-hydrogen) atoms. The Balaban J connectivity index is 1.72. The minimum absolute atomic E-state index is 0.210. The molecule has 0 unspecified atom stereocenters. The Morgan fingerprint density at radius 2 is 1.89 bits per heavy atom. The van der Waals surface area contributed by atoms with Crippen LogP contribution in [0.15, 0.2) is 60.3 Å². The van der Waals surface area contributed by atoms with Crippen molar-refractivity contribution in [2.24, 2.45) is 0 Å². The molecule has 0 N–H and O–H groups in total. The lowest BCUT2D eigenvalue weighted by Crippen LogP contribution is -2.07. The van der Waals surface area contributed by atoms with E-state index in [9.17, 15) is 4.39 Å². The van der Waals surface area contributed by atoms with Gasteiger partial charge in [0.05, 0.1) is 0 Å². The molecule has 3 rings (SSSR count). The van der Waals surface area contributed by atoms with Crippen molar-refractivity contribution >= 4 is 11.8 Å². The van der Waals surface area contributed by atoms with E-state index in [4.69, 9.17) is 4.74 Å². The zero-order valence-electron chi connectivity index (χ0n) is 15.5. The van der Waals surface area contributed by atoms with Crippen molar-refractivity contribution in [2.75, 3.05) is 0 Å². The first-order valence-electron chi connectivity index (χ1n) is 8.67. The first-order chi connectivity index (χ1) is 13.1. The Morgan fingerprint density at radius 1 is 1.15 bits per heavy atom. The van der Waals surface area contributed by atoms with Crippen molar-refractivity contribution in [1.29, 1.82) is 0 Å². The molecule has 140 valence electrons. The fourth-order valence-electron chi connectivity index (χ4n) is 2.77. The van der Waals surface area contributed by atoms with Crippen LogP contribution in [0, 0.1) is 19.7 Å². The molecule has 0 amide bonds. The van der Waals surface area contributed by atoms with E-state index in [2.05, 4.69) is 22.8 Å². The molecule has 0 saturated heterocycles. The van der Waals surface area contributed by atoms with Crippen molar-refractivity contribution in [1.82, 2.24) is 14.8 Å². The second-order valence-corrected chi connectivity index (χ2v) is 7.23. The Kier molecular flexibility index (Phi) is 6.29. The number of ether oxygens (including phenoxy) is 1. The lowest BCUT2D eigenvalue weighted by molar-refractivity contribution is 0.289. The predicted octanol–water partition coefficient (Wildman–Crippen LogP) is 5.09. The predicted molar refractivity (Wildman–Crippen MR) is 106 cm³/mol. The molecule has 2 aromatic carbocycles. The number of aryl methyl sites for hydroxylation is 2. The van der Waals surface area contributed by atoms with E-state index in [1.54, 1.807) is 18.2 Å². The summed E-state index contributed by atoms with van der Waals surface area (Å²) in [5.74, 6) is 1.80. The normalized spacial score (nSPS) is 10.8. The van der Waals surface area contributed by atoms with Crippen LogP contribution in [-0.2, 0) is 18.9 Å². The van der Waals surface area contributed by atoms with Gasteiger partial charge in [-0.1, -0.05) is 42.1 Å². The molecule has 0 radical (unpaired) electrons. The zero-order chi connectivity index (χ0) is 19.2. The Hall–Kier alpha value is -2.60. The summed E-state index contributed by atoms with van der Waals surface area (Å²) in [4.78, 5) is 0. The highest BCUT2D eigenvalue weighted by atomic mass is 32.2. The fraction of sp³-hybridized carbons (Fsp3) is 0.238. The van der Waals surface area contributed by atoms with Gasteiger partial charge in [-0.3, -0.25) is 4.57 Å². The third-order valence-corrected chi connectivity index (χ3v) is 5.00. The van der Waals surface area contributed by atoms with Gasteiger partial charge in [-0.05, 0) is 48.7 Å². The highest BCUT2D eigenvalue weighted by molar-refractivity contribution is 7.98. The molecule has 0 atom stereocenters. The minimum Gasteiger partial charge on any atom is -0.486 e. The van der Waals surface area contributed by atoms with Gasteiger partial charge in [-0.25, -0.2) is 4.39 Å². The molecule has 0 fully saturated rings. The van der Waals surface area contributed by atoms with Crippen LogP contribution in [-0.4, -0.2) is 14.8 Å². The summed E-state index contributed by atoms with van der Waals surface area (Å²) in [6.07, 6.45) is 1.79. The number of rotatable bonds is 8. The van der Waals surface area contributed by atoms with E-state index in [0.29, 0.717) is 30.3 Å². The van der Waals surface area contributed by atoms with Crippen LogP contribution in [0.4, 0.5) is 4.39 Å². The standard InChI is InChI=1S/C21H22FN3OS/c1-4-9-25-20(13-26-18-11-15(2)10-16(3)12-18)23-24-21(25)27-14-17-7-5-6-8-19(17)22/h4-8,10-12H,1,9,13-14H2,2-3H3. The SMILES string of the molecule is C=CCn1c(COc2cc(C)cc(C)c2)nnc1SCc1ccccc1F. The summed E-state index contributed by atoms with van der Waals surface area (Å²) in [7, 11) is 0. The maximum absolute atomic E-state index is 13.8. The van der Waals surface area contributed by atoms with Gasteiger partial charge < -0.3 is 4.74 Å². The number of allylic oxidation sites excluding steroid dienone is 1. The smallest absolute Gasteiger partial charge is 0.191 e. The number of hydrogen-bond acceptors (Lipinski definition) is 4. The van der Waals surface area contributed by atoms with Crippen molar-refractivity contribution in [3.8, 4) is 5.75 Å². The van der Waals surface area contributed by atoms with Crippen LogP contribution >= 0.6 is 11.8 Å². The molecule has 0 aliphatic rings. The Morgan fingerprint density at radius 3 is 2.59 bits per heavy atom. The summed E-state index contributed by atoms with van der Waals surface area (Å²) < 4.78 is 21.7. The average molecular weight is 383 g/mol. The summed E-state index contributed by atoms with van der Waals surface area (Å²) >= 11 is 1.45. The molecular weight excluding hydrogens is 361 g/mol. The van der Waals surface area contributed by atoms with Crippen molar-refractivity contribution in [2.45, 2.75) is 37.9 Å². The number of benzene rings is 2. The van der Waals surface area contributed by atoms with Gasteiger partial charge in [0.1, 0.15) is 18.2 Å². The molecule has 6 heteroatoms. The minimum atomic E-state index is -0.210. The maximum Gasteiger partial charge on any atom is 0.191 e. The lowest BCUT2D eigenvalue weighted by Gasteiger charge is -2.10. The third kappa shape index (κ3) is 4.98. The largest absolute Gasteiger partial charge is 0.486 e. The summed E-state index contributed by atoms with van der Waals surface area (Å²) in [5.41, 5.74) is 2.95. The zero-order valence-corrected chi connectivity index (χ0v) is 16.3. The summed E-state index contributed by atoms with van der Waals surface area (Å²) in [6.45, 7) is 8.76. The number of nitrogens with zero attached hydrogens (tertiary/aromatic N) is 3. The maximum atomic E-state index is 13.8. The Bertz CT molecular complexity index is 919. The molecule has 0 spiro atoms. The van der Waals surface area contributed by atoms with Crippen LogP contribution in [0.5, 0.6) is 5.75 Å². The highest BCUT2D eigenvalue weighted by Gasteiger charge is 2.13. The van der Waals surface area contributed by atoms with Gasteiger partial charge in [-0.2, -0.15) is 0 Å². The number of aromatic nitrogens is 3. The molecule has 1 heterocycles. The molecular formula is C21H22FN3OS. The molecule has 0 bridgehead atoms. The molecule has 3 aromatic rings. The van der Waals surface area contributed by atoms with E-state index in [1.165, 1.54) is 17.8 Å². The summed E-state index contributed by atoms with van der Waals surface area (Å²) in [5, 5.41) is 9.23. The monoisotopic (exact) mass is 383 g/mol. The molecule has 0 aliphatic heterocycles. The first kappa shape index (κ1) is 19.2. The number of thioether (sulfide) groups is 1.